The van der Waals surface area contributed by atoms with Crippen molar-refractivity contribution in [2.45, 2.75) is 38.9 Å². The molecule has 32 heavy (non-hydrogen) atoms. The molecule has 3 aromatic rings. The number of benzene rings is 2. The summed E-state index contributed by atoms with van der Waals surface area (Å²) >= 11 is 13.4. The molecule has 0 aliphatic carbocycles. The third-order valence-electron chi connectivity index (χ3n) is 4.64. The van der Waals surface area contributed by atoms with Gasteiger partial charge in [0.25, 0.3) is 0 Å². The maximum atomic E-state index is 12.5. The van der Waals surface area contributed by atoms with Crippen LogP contribution in [-0.2, 0) is 22.6 Å². The van der Waals surface area contributed by atoms with E-state index >= 15 is 0 Å². The summed E-state index contributed by atoms with van der Waals surface area (Å²) in [5.41, 5.74) is 3.37. The molecule has 168 valence electrons. The summed E-state index contributed by atoms with van der Waals surface area (Å²) < 4.78 is 1.81. The highest BCUT2D eigenvalue weighted by molar-refractivity contribution is 7.99. The maximum absolute atomic E-state index is 12.5. The molecule has 2 N–H and O–H groups in total. The van der Waals surface area contributed by atoms with Crippen LogP contribution in [0, 0.1) is 13.8 Å². The Kier molecular flexibility index (Phi) is 8.17. The smallest absolute Gasteiger partial charge is 0.234 e. The van der Waals surface area contributed by atoms with Crippen molar-refractivity contribution >= 4 is 58.2 Å². The molecular weight excluding hydrogens is 469 g/mol. The van der Waals surface area contributed by atoms with Gasteiger partial charge in [-0.25, -0.2) is 0 Å². The molecule has 0 saturated carbocycles. The molecule has 0 saturated heterocycles. The van der Waals surface area contributed by atoms with Gasteiger partial charge in [-0.2, -0.15) is 0 Å². The van der Waals surface area contributed by atoms with Gasteiger partial charge >= 0.3 is 0 Å². The lowest BCUT2D eigenvalue weighted by Crippen LogP contribution is -2.18. The van der Waals surface area contributed by atoms with E-state index in [-0.39, 0.29) is 29.0 Å². The highest BCUT2D eigenvalue weighted by atomic mass is 35.5. The number of amides is 2. The van der Waals surface area contributed by atoms with Crippen molar-refractivity contribution in [1.82, 2.24) is 14.8 Å². The molecule has 0 unspecified atom stereocenters. The number of nitrogens with one attached hydrogen (secondary N) is 2. The van der Waals surface area contributed by atoms with Crippen molar-refractivity contribution in [1.29, 1.82) is 0 Å². The van der Waals surface area contributed by atoms with Crippen molar-refractivity contribution in [3.63, 3.8) is 0 Å². The monoisotopic (exact) mass is 491 g/mol. The Morgan fingerprint density at radius 1 is 1.03 bits per heavy atom. The fourth-order valence-electron chi connectivity index (χ4n) is 3.08. The molecule has 0 fully saturated rings. The predicted octanol–water partition coefficient (Wildman–Crippen LogP) is 5.13. The predicted molar refractivity (Wildman–Crippen MR) is 130 cm³/mol. The van der Waals surface area contributed by atoms with E-state index in [0.717, 1.165) is 16.8 Å². The molecule has 0 spiro atoms. The second-order valence-corrected chi connectivity index (χ2v) is 8.85. The Balaban J connectivity index is 1.61. The summed E-state index contributed by atoms with van der Waals surface area (Å²) in [5, 5.41) is 15.2. The van der Waals surface area contributed by atoms with Crippen LogP contribution in [-0.4, -0.2) is 32.3 Å². The van der Waals surface area contributed by atoms with Gasteiger partial charge in [-0.05, 0) is 44.5 Å². The van der Waals surface area contributed by atoms with E-state index in [0.29, 0.717) is 28.2 Å². The molecule has 0 aliphatic rings. The zero-order chi connectivity index (χ0) is 23.3. The number of halogens is 2. The van der Waals surface area contributed by atoms with Gasteiger partial charge in [0.15, 0.2) is 5.16 Å². The van der Waals surface area contributed by atoms with Crippen molar-refractivity contribution in [3.05, 3.63) is 63.4 Å². The summed E-state index contributed by atoms with van der Waals surface area (Å²) in [4.78, 5) is 24.9. The minimum atomic E-state index is -0.291. The number of nitrogens with zero attached hydrogens (tertiary/aromatic N) is 3. The number of aryl methyl sites for hydroxylation is 2. The van der Waals surface area contributed by atoms with E-state index in [1.165, 1.54) is 11.8 Å². The average molecular weight is 492 g/mol. The van der Waals surface area contributed by atoms with Gasteiger partial charge in [-0.3, -0.25) is 9.59 Å². The minimum Gasteiger partial charge on any atom is -0.325 e. The van der Waals surface area contributed by atoms with Crippen molar-refractivity contribution < 1.29 is 9.59 Å². The van der Waals surface area contributed by atoms with Crippen LogP contribution in [0.1, 0.15) is 23.9 Å². The first-order valence-corrected chi connectivity index (χ1v) is 11.7. The number of thioether (sulfide) groups is 1. The number of anilines is 2. The van der Waals surface area contributed by atoms with Crippen molar-refractivity contribution in [3.8, 4) is 0 Å². The zero-order valence-corrected chi connectivity index (χ0v) is 20.2. The lowest BCUT2D eigenvalue weighted by Gasteiger charge is -2.10. The number of rotatable bonds is 8. The number of carbonyl (C=O) groups is 2. The lowest BCUT2D eigenvalue weighted by atomic mass is 10.1. The molecule has 2 aromatic carbocycles. The molecule has 1 aromatic heterocycles. The topological polar surface area (TPSA) is 88.9 Å². The summed E-state index contributed by atoms with van der Waals surface area (Å²) in [6, 6.07) is 10.9. The number of hydrogen-bond acceptors (Lipinski definition) is 5. The number of hydrogen-bond donors (Lipinski definition) is 2. The van der Waals surface area contributed by atoms with E-state index in [1.807, 2.05) is 43.5 Å². The Morgan fingerprint density at radius 2 is 1.78 bits per heavy atom. The molecule has 0 atom stereocenters. The second kappa shape index (κ2) is 10.8. The molecule has 7 nitrogen and oxygen atoms in total. The highest BCUT2D eigenvalue weighted by Crippen LogP contribution is 2.29. The van der Waals surface area contributed by atoms with Crippen LogP contribution in [0.3, 0.4) is 0 Å². The quantitative estimate of drug-likeness (QED) is 0.426. The van der Waals surface area contributed by atoms with E-state index in [9.17, 15) is 9.59 Å². The first-order valence-electron chi connectivity index (χ1n) is 9.94. The average Bonchev–Trinajstić information content (AvgIpc) is 3.13. The largest absolute Gasteiger partial charge is 0.325 e. The van der Waals surface area contributed by atoms with E-state index in [4.69, 9.17) is 23.2 Å². The van der Waals surface area contributed by atoms with Crippen LogP contribution < -0.4 is 10.6 Å². The summed E-state index contributed by atoms with van der Waals surface area (Å²) in [6.45, 7) is 6.46. The molecule has 0 bridgehead atoms. The van der Waals surface area contributed by atoms with Crippen molar-refractivity contribution in [2.75, 3.05) is 16.4 Å². The Morgan fingerprint density at radius 3 is 2.50 bits per heavy atom. The fraction of sp³-hybridized carbons (Fsp3) is 0.273. The van der Waals surface area contributed by atoms with Crippen LogP contribution in [0.2, 0.25) is 10.0 Å². The molecular formula is C22H23Cl2N5O2S. The summed E-state index contributed by atoms with van der Waals surface area (Å²) in [6.07, 6.45) is 0.0129. The minimum absolute atomic E-state index is 0.0129. The van der Waals surface area contributed by atoms with Gasteiger partial charge in [0.2, 0.25) is 11.8 Å². The Bertz CT molecular complexity index is 1150. The van der Waals surface area contributed by atoms with Crippen LogP contribution >= 0.6 is 35.0 Å². The maximum Gasteiger partial charge on any atom is 0.234 e. The fourth-order valence-corrected chi connectivity index (χ4v) is 4.25. The van der Waals surface area contributed by atoms with Crippen LogP contribution in [0.4, 0.5) is 11.4 Å². The van der Waals surface area contributed by atoms with Crippen LogP contribution in [0.5, 0.6) is 0 Å². The normalized spacial score (nSPS) is 10.8. The van der Waals surface area contributed by atoms with Crippen LogP contribution in [0.25, 0.3) is 0 Å². The summed E-state index contributed by atoms with van der Waals surface area (Å²) in [5.74, 6) is 0.249. The first-order chi connectivity index (χ1) is 15.3. The van der Waals surface area contributed by atoms with Gasteiger partial charge in [-0.1, -0.05) is 58.7 Å². The molecule has 0 aliphatic heterocycles. The molecule has 3 rings (SSSR count). The number of aromatic nitrogens is 3. The van der Waals surface area contributed by atoms with E-state index in [1.54, 1.807) is 18.2 Å². The lowest BCUT2D eigenvalue weighted by molar-refractivity contribution is -0.116. The second-order valence-electron chi connectivity index (χ2n) is 7.12. The number of carbonyl (C=O) groups excluding carboxylic acids is 2. The molecule has 2 amide bonds. The molecule has 0 radical (unpaired) electrons. The van der Waals surface area contributed by atoms with E-state index in [2.05, 4.69) is 20.8 Å². The SMILES string of the molecule is CCn1c(CC(=O)Nc2cccc(Cl)c2Cl)nnc1SCC(=O)Nc1ccc(C)cc1C. The van der Waals surface area contributed by atoms with E-state index < -0.39 is 0 Å². The third-order valence-corrected chi connectivity index (χ3v) is 6.43. The van der Waals surface area contributed by atoms with Gasteiger partial charge in [-0.15, -0.1) is 10.2 Å². The zero-order valence-electron chi connectivity index (χ0n) is 17.9. The van der Waals surface area contributed by atoms with Gasteiger partial charge in [0, 0.05) is 12.2 Å². The highest BCUT2D eigenvalue weighted by Gasteiger charge is 2.17. The van der Waals surface area contributed by atoms with Crippen molar-refractivity contribution in [2.24, 2.45) is 0 Å². The van der Waals surface area contributed by atoms with Crippen LogP contribution in [0.15, 0.2) is 41.6 Å². The van der Waals surface area contributed by atoms with Gasteiger partial charge < -0.3 is 15.2 Å². The summed E-state index contributed by atoms with van der Waals surface area (Å²) in [7, 11) is 0. The first kappa shape index (κ1) is 24.1. The van der Waals surface area contributed by atoms with Gasteiger partial charge in [0.1, 0.15) is 5.82 Å². The molecule has 10 heteroatoms. The van der Waals surface area contributed by atoms with Gasteiger partial charge in [0.05, 0.1) is 27.9 Å². The Hall–Kier alpha value is -2.55. The molecule has 1 heterocycles. The third kappa shape index (κ3) is 6.03. The Labute approximate surface area is 200 Å². The standard InChI is InChI=1S/C22H23Cl2N5O2S/c1-4-29-18(11-19(30)26-17-7-5-6-15(23)21(17)24)27-28-22(29)32-12-20(31)25-16-9-8-13(2)10-14(16)3/h5-10H,4,11-12H2,1-3H3,(H,25,31)(H,26,30).